The second kappa shape index (κ2) is 4.66. The van der Waals surface area contributed by atoms with E-state index in [1.807, 2.05) is 24.3 Å². The van der Waals surface area contributed by atoms with E-state index >= 15 is 0 Å². The lowest BCUT2D eigenvalue weighted by molar-refractivity contribution is 0.284. The third kappa shape index (κ3) is 2.21. The number of nitrogens with one attached hydrogen (secondary N) is 1. The minimum Gasteiger partial charge on any atom is -0.342 e. The maximum Gasteiger partial charge on any atom is 0.246 e. The summed E-state index contributed by atoms with van der Waals surface area (Å²) in [5.74, 6) is 2.02. The summed E-state index contributed by atoms with van der Waals surface area (Å²) in [6.45, 7) is 0. The largest absolute Gasteiger partial charge is 0.342 e. The third-order valence-corrected chi connectivity index (χ3v) is 4.15. The molecule has 0 bridgehead atoms. The molecule has 0 saturated heterocycles. The number of nitrogens with two attached hydrogens (primary N) is 1. The van der Waals surface area contributed by atoms with Gasteiger partial charge in [0.2, 0.25) is 5.89 Å². The molecule has 0 spiro atoms. The van der Waals surface area contributed by atoms with Crippen molar-refractivity contribution in [3.05, 3.63) is 41.8 Å². The van der Waals surface area contributed by atoms with E-state index < -0.39 is 5.54 Å². The van der Waals surface area contributed by atoms with Crippen LogP contribution in [-0.2, 0) is 12.0 Å². The third-order valence-electron chi connectivity index (χ3n) is 4.15. The predicted octanol–water partition coefficient (Wildman–Crippen LogP) is 2.26. The monoisotopic (exact) mass is 283 g/mol. The molecular weight excluding hydrogens is 266 g/mol. The molecule has 1 aliphatic rings. The number of aromatic amines is 1. The summed E-state index contributed by atoms with van der Waals surface area (Å²) in [5.41, 5.74) is 7.86. The molecule has 4 rings (SSSR count). The lowest BCUT2D eigenvalue weighted by Gasteiger charge is -2.17. The predicted molar refractivity (Wildman–Crippen MR) is 77.5 cm³/mol. The number of hydrogen-bond donors (Lipinski definition) is 2. The van der Waals surface area contributed by atoms with Crippen molar-refractivity contribution in [2.75, 3.05) is 0 Å². The molecule has 0 amide bonds. The zero-order valence-corrected chi connectivity index (χ0v) is 11.7. The van der Waals surface area contributed by atoms with Crippen molar-refractivity contribution in [2.24, 2.45) is 5.73 Å². The summed E-state index contributed by atoms with van der Waals surface area (Å²) in [4.78, 5) is 12.3. The van der Waals surface area contributed by atoms with Gasteiger partial charge in [-0.05, 0) is 25.0 Å². The summed E-state index contributed by atoms with van der Waals surface area (Å²) in [6, 6.07) is 7.93. The van der Waals surface area contributed by atoms with E-state index in [-0.39, 0.29) is 0 Å². The standard InChI is InChI=1S/C15H17N5O/c16-15(7-3-4-8-15)14-19-13(20-21-14)9-12-17-10-5-1-2-6-11(10)18-12/h1-2,5-6H,3-4,7-9,16H2,(H,17,18). The van der Waals surface area contributed by atoms with E-state index in [0.717, 1.165) is 42.5 Å². The van der Waals surface area contributed by atoms with Crippen molar-refractivity contribution in [1.29, 1.82) is 0 Å². The average Bonchev–Trinajstić information content (AvgIpc) is 3.18. The number of fused-ring (bicyclic) bond motifs is 1. The highest BCUT2D eigenvalue weighted by atomic mass is 16.5. The highest BCUT2D eigenvalue weighted by molar-refractivity contribution is 5.74. The Morgan fingerprint density at radius 1 is 1.19 bits per heavy atom. The highest BCUT2D eigenvalue weighted by Gasteiger charge is 2.36. The Bertz CT molecular complexity index is 736. The van der Waals surface area contributed by atoms with Crippen LogP contribution in [0.3, 0.4) is 0 Å². The van der Waals surface area contributed by atoms with Crippen LogP contribution in [0.25, 0.3) is 11.0 Å². The molecule has 0 unspecified atom stereocenters. The van der Waals surface area contributed by atoms with Crippen LogP contribution in [0, 0.1) is 0 Å². The Hall–Kier alpha value is -2.21. The van der Waals surface area contributed by atoms with Gasteiger partial charge in [0.1, 0.15) is 5.82 Å². The van der Waals surface area contributed by atoms with Gasteiger partial charge in [-0.3, -0.25) is 0 Å². The summed E-state index contributed by atoms with van der Waals surface area (Å²) in [7, 11) is 0. The first-order valence-corrected chi connectivity index (χ1v) is 7.28. The fourth-order valence-electron chi connectivity index (χ4n) is 2.99. The lowest BCUT2D eigenvalue weighted by atomic mass is 9.99. The summed E-state index contributed by atoms with van der Waals surface area (Å²) in [5, 5.41) is 4.05. The molecule has 0 aliphatic heterocycles. The van der Waals surface area contributed by atoms with Crippen molar-refractivity contribution in [3.8, 4) is 0 Å². The molecule has 1 fully saturated rings. The molecule has 6 heteroatoms. The highest BCUT2D eigenvalue weighted by Crippen LogP contribution is 2.35. The van der Waals surface area contributed by atoms with E-state index in [1.54, 1.807) is 0 Å². The molecule has 1 aliphatic carbocycles. The molecule has 21 heavy (non-hydrogen) atoms. The maximum atomic E-state index is 6.33. The summed E-state index contributed by atoms with van der Waals surface area (Å²) in [6.07, 6.45) is 4.60. The molecule has 2 aromatic heterocycles. The van der Waals surface area contributed by atoms with Gasteiger partial charge in [0.25, 0.3) is 0 Å². The first kappa shape index (κ1) is 12.5. The van der Waals surface area contributed by atoms with Crippen LogP contribution in [0.2, 0.25) is 0 Å². The zero-order valence-electron chi connectivity index (χ0n) is 11.7. The van der Waals surface area contributed by atoms with E-state index in [0.29, 0.717) is 18.1 Å². The fourth-order valence-corrected chi connectivity index (χ4v) is 2.99. The molecule has 6 nitrogen and oxygen atoms in total. The Labute approximate surface area is 121 Å². The fraction of sp³-hybridized carbons (Fsp3) is 0.400. The van der Waals surface area contributed by atoms with Gasteiger partial charge in [0, 0.05) is 0 Å². The molecule has 0 atom stereocenters. The van der Waals surface area contributed by atoms with Crippen LogP contribution < -0.4 is 5.73 Å². The number of nitrogens with zero attached hydrogens (tertiary/aromatic N) is 3. The van der Waals surface area contributed by atoms with E-state index in [9.17, 15) is 0 Å². The minimum atomic E-state index is -0.431. The molecule has 108 valence electrons. The second-order valence-corrected chi connectivity index (χ2v) is 5.76. The van der Waals surface area contributed by atoms with Crippen molar-refractivity contribution < 1.29 is 4.52 Å². The second-order valence-electron chi connectivity index (χ2n) is 5.76. The van der Waals surface area contributed by atoms with Crippen LogP contribution >= 0.6 is 0 Å². The van der Waals surface area contributed by atoms with Crippen LogP contribution in [0.5, 0.6) is 0 Å². The summed E-state index contributed by atoms with van der Waals surface area (Å²) >= 11 is 0. The van der Waals surface area contributed by atoms with Gasteiger partial charge in [-0.25, -0.2) is 4.98 Å². The number of imidazole rings is 1. The molecule has 2 heterocycles. The topological polar surface area (TPSA) is 93.6 Å². The smallest absolute Gasteiger partial charge is 0.246 e. The zero-order chi connectivity index (χ0) is 14.3. The van der Waals surface area contributed by atoms with Gasteiger partial charge >= 0.3 is 0 Å². The van der Waals surface area contributed by atoms with Gasteiger partial charge in [-0.1, -0.05) is 30.1 Å². The number of benzene rings is 1. The average molecular weight is 283 g/mol. The van der Waals surface area contributed by atoms with Gasteiger partial charge in [0.15, 0.2) is 5.82 Å². The van der Waals surface area contributed by atoms with E-state index in [2.05, 4.69) is 20.1 Å². The van der Waals surface area contributed by atoms with Crippen molar-refractivity contribution >= 4 is 11.0 Å². The van der Waals surface area contributed by atoms with Crippen LogP contribution in [0.1, 0.15) is 43.2 Å². The van der Waals surface area contributed by atoms with Crippen molar-refractivity contribution in [3.63, 3.8) is 0 Å². The van der Waals surface area contributed by atoms with Gasteiger partial charge < -0.3 is 15.2 Å². The Balaban J connectivity index is 1.58. The Kier molecular flexibility index (Phi) is 2.78. The number of aromatic nitrogens is 4. The van der Waals surface area contributed by atoms with Gasteiger partial charge in [0.05, 0.1) is 23.0 Å². The number of H-pyrrole nitrogens is 1. The van der Waals surface area contributed by atoms with E-state index in [1.165, 1.54) is 0 Å². The number of rotatable bonds is 3. The van der Waals surface area contributed by atoms with Crippen molar-refractivity contribution in [1.82, 2.24) is 20.1 Å². The van der Waals surface area contributed by atoms with E-state index in [4.69, 9.17) is 10.3 Å². The number of para-hydroxylation sites is 2. The van der Waals surface area contributed by atoms with Crippen LogP contribution in [-0.4, -0.2) is 20.1 Å². The molecule has 1 saturated carbocycles. The first-order chi connectivity index (χ1) is 10.2. The molecular formula is C15H17N5O. The SMILES string of the molecule is NC1(c2nc(Cc3nc4ccccc4[nH]3)no2)CCCC1. The molecule has 3 N–H and O–H groups in total. The minimum absolute atomic E-state index is 0.431. The normalized spacial score (nSPS) is 17.6. The van der Waals surface area contributed by atoms with Gasteiger partial charge in [-0.15, -0.1) is 0 Å². The molecule has 0 radical (unpaired) electrons. The maximum absolute atomic E-state index is 6.33. The van der Waals surface area contributed by atoms with Crippen molar-refractivity contribution in [2.45, 2.75) is 37.6 Å². The lowest BCUT2D eigenvalue weighted by Crippen LogP contribution is -2.33. The van der Waals surface area contributed by atoms with Crippen LogP contribution in [0.4, 0.5) is 0 Å². The Morgan fingerprint density at radius 2 is 2.00 bits per heavy atom. The quantitative estimate of drug-likeness (QED) is 0.769. The number of hydrogen-bond acceptors (Lipinski definition) is 5. The van der Waals surface area contributed by atoms with Gasteiger partial charge in [-0.2, -0.15) is 4.98 Å². The first-order valence-electron chi connectivity index (χ1n) is 7.28. The Morgan fingerprint density at radius 3 is 2.81 bits per heavy atom. The van der Waals surface area contributed by atoms with Crippen LogP contribution in [0.15, 0.2) is 28.8 Å². The molecule has 1 aromatic carbocycles. The summed E-state index contributed by atoms with van der Waals surface area (Å²) < 4.78 is 5.37. The molecule has 3 aromatic rings.